The predicted octanol–water partition coefficient (Wildman–Crippen LogP) is 2.74. The fourth-order valence-electron chi connectivity index (χ4n) is 2.90. The maximum Gasteiger partial charge on any atom is 0.419 e. The van der Waals surface area contributed by atoms with E-state index in [1.165, 1.54) is 19.1 Å². The highest BCUT2D eigenvalue weighted by molar-refractivity contribution is 6.11. The lowest BCUT2D eigenvalue weighted by molar-refractivity contribution is -0.146. The third-order valence-corrected chi connectivity index (χ3v) is 4.50. The van der Waals surface area contributed by atoms with Gasteiger partial charge < -0.3 is 9.84 Å². The summed E-state index contributed by atoms with van der Waals surface area (Å²) in [4.78, 5) is 51.0. The Labute approximate surface area is 160 Å². The largest absolute Gasteiger partial charge is 0.479 e. The number of hydrogen-bond acceptors (Lipinski definition) is 5. The van der Waals surface area contributed by atoms with E-state index in [4.69, 9.17) is 4.74 Å². The molecule has 0 aromatic heterocycles. The number of ether oxygens (including phenoxy) is 1. The van der Waals surface area contributed by atoms with Crippen molar-refractivity contribution in [3.05, 3.63) is 71.8 Å². The predicted molar refractivity (Wildman–Crippen MR) is 97.4 cm³/mol. The molecule has 8 heteroatoms. The summed E-state index contributed by atoms with van der Waals surface area (Å²) in [5.41, 5.74) is -1.05. The first-order valence-electron chi connectivity index (χ1n) is 8.50. The first-order chi connectivity index (χ1) is 13.3. The number of carboxylic acids is 1. The van der Waals surface area contributed by atoms with Crippen molar-refractivity contribution in [3.8, 4) is 0 Å². The summed E-state index contributed by atoms with van der Waals surface area (Å²) >= 11 is 0. The molecule has 1 N–H and O–H groups in total. The van der Waals surface area contributed by atoms with Crippen LogP contribution in [0.3, 0.4) is 0 Å². The first kappa shape index (κ1) is 19.1. The monoisotopic (exact) mass is 382 g/mol. The number of carbonyl (C=O) groups excluding carboxylic acids is 3. The van der Waals surface area contributed by atoms with E-state index in [0.29, 0.717) is 10.5 Å². The highest BCUT2D eigenvalue weighted by Gasteiger charge is 2.57. The second-order valence-corrected chi connectivity index (χ2v) is 6.49. The van der Waals surface area contributed by atoms with Crippen LogP contribution in [0.25, 0.3) is 0 Å². The van der Waals surface area contributed by atoms with Gasteiger partial charge >= 0.3 is 18.1 Å². The molecule has 0 aliphatic carbocycles. The molecule has 2 aromatic carbocycles. The number of urea groups is 1. The standard InChI is InChI=1S/C20H18N2O6/c1-20(17(24)25)13-21(16(23)15-10-6-3-7-11-15)18(26)22(20)19(27)28-12-14-8-4-2-5-9-14/h2-11H,12-13H2,1H3,(H,24,25)/t20-/m0/s1. The number of carbonyl (C=O) groups is 4. The number of imide groups is 2. The van der Waals surface area contributed by atoms with E-state index >= 15 is 0 Å². The molecule has 0 radical (unpaired) electrons. The van der Waals surface area contributed by atoms with Crippen molar-refractivity contribution >= 4 is 24.0 Å². The molecular formula is C20H18N2O6. The summed E-state index contributed by atoms with van der Waals surface area (Å²) in [6.07, 6.45) is -1.12. The smallest absolute Gasteiger partial charge is 0.419 e. The van der Waals surface area contributed by atoms with Gasteiger partial charge in [0.05, 0.1) is 6.54 Å². The van der Waals surface area contributed by atoms with Gasteiger partial charge in [0.15, 0.2) is 5.54 Å². The molecule has 0 bridgehead atoms. The minimum Gasteiger partial charge on any atom is -0.479 e. The Morgan fingerprint density at radius 1 is 1.04 bits per heavy atom. The quantitative estimate of drug-likeness (QED) is 0.872. The van der Waals surface area contributed by atoms with Crippen molar-refractivity contribution in [3.63, 3.8) is 0 Å². The fraction of sp³-hybridized carbons (Fsp3) is 0.200. The third-order valence-electron chi connectivity index (χ3n) is 4.50. The van der Waals surface area contributed by atoms with Crippen LogP contribution in [-0.2, 0) is 16.1 Å². The van der Waals surface area contributed by atoms with E-state index < -0.39 is 36.1 Å². The maximum absolute atomic E-state index is 12.8. The lowest BCUT2D eigenvalue weighted by Crippen LogP contribution is -2.53. The zero-order chi connectivity index (χ0) is 20.3. The van der Waals surface area contributed by atoms with Gasteiger partial charge in [0, 0.05) is 5.56 Å². The second kappa shape index (κ2) is 7.51. The fourth-order valence-corrected chi connectivity index (χ4v) is 2.90. The third kappa shape index (κ3) is 3.44. The van der Waals surface area contributed by atoms with Gasteiger partial charge in [-0.2, -0.15) is 0 Å². The van der Waals surface area contributed by atoms with Crippen LogP contribution >= 0.6 is 0 Å². The minimum absolute atomic E-state index is 0.133. The van der Waals surface area contributed by atoms with Gasteiger partial charge in [0.2, 0.25) is 0 Å². The normalized spacial score (nSPS) is 18.8. The van der Waals surface area contributed by atoms with Crippen LogP contribution < -0.4 is 0 Å². The number of benzene rings is 2. The summed E-state index contributed by atoms with van der Waals surface area (Å²) in [6, 6.07) is 15.7. The Morgan fingerprint density at radius 2 is 1.61 bits per heavy atom. The first-order valence-corrected chi connectivity index (χ1v) is 8.50. The van der Waals surface area contributed by atoms with E-state index in [2.05, 4.69) is 0 Å². The molecule has 8 nitrogen and oxygen atoms in total. The van der Waals surface area contributed by atoms with Crippen molar-refractivity contribution < 1.29 is 29.0 Å². The molecule has 1 heterocycles. The number of amides is 4. The Hall–Kier alpha value is -3.68. The highest BCUT2D eigenvalue weighted by Crippen LogP contribution is 2.29. The summed E-state index contributed by atoms with van der Waals surface area (Å²) in [7, 11) is 0. The average Bonchev–Trinajstić information content (AvgIpc) is 2.99. The topological polar surface area (TPSA) is 104 Å². The molecular weight excluding hydrogens is 364 g/mol. The molecule has 4 amide bonds. The van der Waals surface area contributed by atoms with E-state index in [9.17, 15) is 24.3 Å². The molecule has 2 aromatic rings. The van der Waals surface area contributed by atoms with Crippen molar-refractivity contribution in [1.82, 2.24) is 9.80 Å². The number of carboxylic acid groups (broad SMARTS) is 1. The SMILES string of the molecule is C[C@@]1(C(=O)O)CN(C(=O)c2ccccc2)C(=O)N1C(=O)OCc1ccccc1. The van der Waals surface area contributed by atoms with E-state index in [1.807, 2.05) is 0 Å². The highest BCUT2D eigenvalue weighted by atomic mass is 16.6. The van der Waals surface area contributed by atoms with Crippen LogP contribution in [0.1, 0.15) is 22.8 Å². The molecule has 1 saturated heterocycles. The van der Waals surface area contributed by atoms with Crippen LogP contribution in [-0.4, -0.2) is 51.0 Å². The lowest BCUT2D eigenvalue weighted by Gasteiger charge is -2.26. The van der Waals surface area contributed by atoms with Gasteiger partial charge in [0.1, 0.15) is 6.61 Å². The molecule has 1 atom stereocenters. The average molecular weight is 382 g/mol. The van der Waals surface area contributed by atoms with E-state index in [-0.39, 0.29) is 12.2 Å². The van der Waals surface area contributed by atoms with Gasteiger partial charge in [-0.05, 0) is 24.6 Å². The molecule has 1 fully saturated rings. The van der Waals surface area contributed by atoms with Gasteiger partial charge in [-0.3, -0.25) is 9.69 Å². The van der Waals surface area contributed by atoms with Crippen LogP contribution in [0.15, 0.2) is 60.7 Å². The Kier molecular flexibility index (Phi) is 5.12. The maximum atomic E-state index is 12.8. The Morgan fingerprint density at radius 3 is 2.18 bits per heavy atom. The summed E-state index contributed by atoms with van der Waals surface area (Å²) in [5.74, 6) is -2.10. The minimum atomic E-state index is -1.94. The van der Waals surface area contributed by atoms with Gasteiger partial charge in [-0.15, -0.1) is 0 Å². The molecule has 1 aliphatic heterocycles. The molecule has 0 unspecified atom stereocenters. The summed E-state index contributed by atoms with van der Waals surface area (Å²) in [6.45, 7) is 0.594. The molecule has 28 heavy (non-hydrogen) atoms. The van der Waals surface area contributed by atoms with Crippen LogP contribution in [0, 0.1) is 0 Å². The molecule has 0 saturated carbocycles. The molecule has 3 rings (SSSR count). The molecule has 0 spiro atoms. The van der Waals surface area contributed by atoms with Gasteiger partial charge in [-0.1, -0.05) is 48.5 Å². The lowest BCUT2D eigenvalue weighted by atomic mass is 10.0. The van der Waals surface area contributed by atoms with Crippen molar-refractivity contribution in [2.24, 2.45) is 0 Å². The summed E-state index contributed by atoms with van der Waals surface area (Å²) in [5, 5.41) is 9.63. The number of rotatable bonds is 4. The van der Waals surface area contributed by atoms with Crippen molar-refractivity contribution in [1.29, 1.82) is 0 Å². The van der Waals surface area contributed by atoms with Crippen LogP contribution in [0.4, 0.5) is 9.59 Å². The van der Waals surface area contributed by atoms with Crippen molar-refractivity contribution in [2.45, 2.75) is 19.1 Å². The number of aliphatic carboxylic acids is 1. The number of nitrogens with zero attached hydrogens (tertiary/aromatic N) is 2. The van der Waals surface area contributed by atoms with Crippen molar-refractivity contribution in [2.75, 3.05) is 6.54 Å². The van der Waals surface area contributed by atoms with Crippen LogP contribution in [0.5, 0.6) is 0 Å². The summed E-state index contributed by atoms with van der Waals surface area (Å²) < 4.78 is 5.13. The number of hydrogen-bond donors (Lipinski definition) is 1. The molecule has 1 aliphatic rings. The second-order valence-electron chi connectivity index (χ2n) is 6.49. The molecule has 144 valence electrons. The van der Waals surface area contributed by atoms with Gasteiger partial charge in [-0.25, -0.2) is 19.3 Å². The van der Waals surface area contributed by atoms with Gasteiger partial charge in [0.25, 0.3) is 5.91 Å². The Bertz CT molecular complexity index is 915. The Balaban J connectivity index is 1.83. The zero-order valence-electron chi connectivity index (χ0n) is 15.1. The van der Waals surface area contributed by atoms with E-state index in [0.717, 1.165) is 4.90 Å². The zero-order valence-corrected chi connectivity index (χ0v) is 15.1. The van der Waals surface area contributed by atoms with E-state index in [1.54, 1.807) is 48.5 Å². The van der Waals surface area contributed by atoms with Crippen LogP contribution in [0.2, 0.25) is 0 Å².